The van der Waals surface area contributed by atoms with Gasteiger partial charge in [0, 0.05) is 5.56 Å². The van der Waals surface area contributed by atoms with Crippen LogP contribution in [0.4, 0.5) is 0 Å². The van der Waals surface area contributed by atoms with E-state index in [1.165, 1.54) is 11.1 Å². The van der Waals surface area contributed by atoms with Crippen LogP contribution in [0.1, 0.15) is 49.3 Å². The molecule has 0 atom stereocenters. The number of benzene rings is 1. The molecule has 1 N–H and O–H groups in total. The molecular formula is C13H17NO. The second-order valence-electron chi connectivity index (χ2n) is 4.47. The second-order valence-corrected chi connectivity index (χ2v) is 4.47. The first-order chi connectivity index (χ1) is 7.22. The zero-order valence-corrected chi connectivity index (χ0v) is 9.33. The van der Waals surface area contributed by atoms with Crippen LogP contribution in [-0.2, 0) is 6.42 Å². The standard InChI is InChI=1S/C13H17NO/c1-9(2)11-7-6-10-4-3-5-13(14-15)12(10)8-11/h6-9,15H,3-5H2,1-2H3/b14-13-. The van der Waals surface area contributed by atoms with Crippen molar-refractivity contribution in [3.63, 3.8) is 0 Å². The lowest BCUT2D eigenvalue weighted by atomic mass is 9.87. The van der Waals surface area contributed by atoms with Crippen molar-refractivity contribution in [3.8, 4) is 0 Å². The predicted octanol–water partition coefficient (Wildman–Crippen LogP) is 3.32. The van der Waals surface area contributed by atoms with Crippen LogP contribution in [-0.4, -0.2) is 10.9 Å². The summed E-state index contributed by atoms with van der Waals surface area (Å²) in [5, 5.41) is 12.4. The SMILES string of the molecule is CC(C)c1ccc2c(c1)/C(=N\O)CCC2. The highest BCUT2D eigenvalue weighted by molar-refractivity contribution is 6.02. The summed E-state index contributed by atoms with van der Waals surface area (Å²) in [4.78, 5) is 0. The van der Waals surface area contributed by atoms with E-state index < -0.39 is 0 Å². The Morgan fingerprint density at radius 3 is 2.73 bits per heavy atom. The normalized spacial score (nSPS) is 18.2. The lowest BCUT2D eigenvalue weighted by Crippen LogP contribution is -2.12. The molecule has 2 rings (SSSR count). The molecule has 0 bridgehead atoms. The Labute approximate surface area is 90.6 Å². The number of oxime groups is 1. The third-order valence-corrected chi connectivity index (χ3v) is 3.09. The van der Waals surface area contributed by atoms with Gasteiger partial charge in [-0.25, -0.2) is 0 Å². The smallest absolute Gasteiger partial charge is 0.0870 e. The number of fused-ring (bicyclic) bond motifs is 1. The summed E-state index contributed by atoms with van der Waals surface area (Å²) in [6.07, 6.45) is 3.09. The van der Waals surface area contributed by atoms with Crippen molar-refractivity contribution >= 4 is 5.71 Å². The van der Waals surface area contributed by atoms with Crippen molar-refractivity contribution in [1.29, 1.82) is 0 Å². The fraction of sp³-hybridized carbons (Fsp3) is 0.462. The molecule has 0 fully saturated rings. The van der Waals surface area contributed by atoms with Gasteiger partial charge in [0.05, 0.1) is 5.71 Å². The molecule has 80 valence electrons. The third-order valence-electron chi connectivity index (χ3n) is 3.09. The molecule has 1 aliphatic rings. The number of aryl methyl sites for hydroxylation is 1. The number of nitrogens with zero attached hydrogens (tertiary/aromatic N) is 1. The minimum atomic E-state index is 0.525. The Bertz CT molecular complexity index is 394. The molecule has 0 saturated carbocycles. The maximum atomic E-state index is 8.96. The van der Waals surface area contributed by atoms with E-state index in [1.807, 2.05) is 0 Å². The van der Waals surface area contributed by atoms with Gasteiger partial charge in [-0.3, -0.25) is 0 Å². The molecule has 2 heteroatoms. The summed E-state index contributed by atoms with van der Waals surface area (Å²) in [5.41, 5.74) is 4.63. The molecule has 0 heterocycles. The van der Waals surface area contributed by atoms with Gasteiger partial charge in [0.2, 0.25) is 0 Å². The predicted molar refractivity (Wildman–Crippen MR) is 61.8 cm³/mol. The van der Waals surface area contributed by atoms with E-state index in [-0.39, 0.29) is 0 Å². The topological polar surface area (TPSA) is 32.6 Å². The van der Waals surface area contributed by atoms with Gasteiger partial charge in [-0.05, 0) is 42.4 Å². The minimum Gasteiger partial charge on any atom is -0.411 e. The van der Waals surface area contributed by atoms with Crippen molar-refractivity contribution in [3.05, 3.63) is 34.9 Å². The number of hydrogen-bond acceptors (Lipinski definition) is 2. The number of hydrogen-bond donors (Lipinski definition) is 1. The van der Waals surface area contributed by atoms with Gasteiger partial charge in [-0.1, -0.05) is 31.1 Å². The van der Waals surface area contributed by atoms with Crippen LogP contribution in [0.5, 0.6) is 0 Å². The van der Waals surface area contributed by atoms with Crippen LogP contribution in [0.3, 0.4) is 0 Å². The van der Waals surface area contributed by atoms with Crippen molar-refractivity contribution in [2.75, 3.05) is 0 Å². The highest BCUT2D eigenvalue weighted by Crippen LogP contribution is 2.25. The Balaban J connectivity index is 2.48. The molecule has 0 spiro atoms. The van der Waals surface area contributed by atoms with Crippen molar-refractivity contribution in [2.24, 2.45) is 5.16 Å². The summed E-state index contributed by atoms with van der Waals surface area (Å²) >= 11 is 0. The molecule has 0 unspecified atom stereocenters. The Kier molecular flexibility index (Phi) is 2.76. The average molecular weight is 203 g/mol. The lowest BCUT2D eigenvalue weighted by Gasteiger charge is -2.18. The first-order valence-electron chi connectivity index (χ1n) is 5.56. The quantitative estimate of drug-likeness (QED) is 0.551. The van der Waals surface area contributed by atoms with E-state index >= 15 is 0 Å². The molecule has 0 aliphatic heterocycles. The molecule has 1 aromatic rings. The zero-order valence-electron chi connectivity index (χ0n) is 9.33. The molecule has 1 aliphatic carbocycles. The highest BCUT2D eigenvalue weighted by atomic mass is 16.4. The molecule has 0 saturated heterocycles. The molecule has 1 aromatic carbocycles. The van der Waals surface area contributed by atoms with Gasteiger partial charge in [0.15, 0.2) is 0 Å². The zero-order chi connectivity index (χ0) is 10.8. The monoisotopic (exact) mass is 203 g/mol. The van der Waals surface area contributed by atoms with Crippen LogP contribution in [0.15, 0.2) is 23.4 Å². The fourth-order valence-corrected chi connectivity index (χ4v) is 2.12. The fourth-order valence-electron chi connectivity index (χ4n) is 2.12. The summed E-state index contributed by atoms with van der Waals surface area (Å²) in [7, 11) is 0. The molecule has 0 amide bonds. The largest absolute Gasteiger partial charge is 0.411 e. The van der Waals surface area contributed by atoms with Gasteiger partial charge in [0.25, 0.3) is 0 Å². The van der Waals surface area contributed by atoms with Gasteiger partial charge in [-0.2, -0.15) is 0 Å². The Morgan fingerprint density at radius 1 is 1.27 bits per heavy atom. The van der Waals surface area contributed by atoms with E-state index in [4.69, 9.17) is 5.21 Å². The first-order valence-corrected chi connectivity index (χ1v) is 5.56. The highest BCUT2D eigenvalue weighted by Gasteiger charge is 2.16. The van der Waals surface area contributed by atoms with Gasteiger partial charge in [0.1, 0.15) is 0 Å². The summed E-state index contributed by atoms with van der Waals surface area (Å²) in [6, 6.07) is 6.53. The molecule has 0 radical (unpaired) electrons. The van der Waals surface area contributed by atoms with Gasteiger partial charge >= 0.3 is 0 Å². The van der Waals surface area contributed by atoms with E-state index in [0.29, 0.717) is 5.92 Å². The van der Waals surface area contributed by atoms with Crippen LogP contribution in [0.25, 0.3) is 0 Å². The van der Waals surface area contributed by atoms with Crippen LogP contribution >= 0.6 is 0 Å². The van der Waals surface area contributed by atoms with Crippen LogP contribution in [0, 0.1) is 0 Å². The lowest BCUT2D eigenvalue weighted by molar-refractivity contribution is 0.317. The second kappa shape index (κ2) is 4.05. The third kappa shape index (κ3) is 1.89. The van der Waals surface area contributed by atoms with E-state index in [1.54, 1.807) is 0 Å². The van der Waals surface area contributed by atoms with Crippen molar-refractivity contribution in [1.82, 2.24) is 0 Å². The molecule has 2 nitrogen and oxygen atoms in total. The summed E-state index contributed by atoms with van der Waals surface area (Å²) in [6.45, 7) is 4.36. The summed E-state index contributed by atoms with van der Waals surface area (Å²) in [5.74, 6) is 0.525. The van der Waals surface area contributed by atoms with E-state index in [2.05, 4.69) is 37.2 Å². The molecule has 15 heavy (non-hydrogen) atoms. The number of rotatable bonds is 1. The van der Waals surface area contributed by atoms with Crippen LogP contribution < -0.4 is 0 Å². The van der Waals surface area contributed by atoms with Crippen molar-refractivity contribution in [2.45, 2.75) is 39.0 Å². The van der Waals surface area contributed by atoms with E-state index in [0.717, 1.165) is 30.5 Å². The van der Waals surface area contributed by atoms with Crippen LogP contribution in [0.2, 0.25) is 0 Å². The molecule has 0 aromatic heterocycles. The molecular weight excluding hydrogens is 186 g/mol. The van der Waals surface area contributed by atoms with Gasteiger partial charge < -0.3 is 5.21 Å². The Hall–Kier alpha value is -1.31. The minimum absolute atomic E-state index is 0.525. The van der Waals surface area contributed by atoms with Gasteiger partial charge in [-0.15, -0.1) is 0 Å². The van der Waals surface area contributed by atoms with Crippen molar-refractivity contribution < 1.29 is 5.21 Å². The average Bonchev–Trinajstić information content (AvgIpc) is 2.27. The maximum Gasteiger partial charge on any atom is 0.0870 e. The maximum absolute atomic E-state index is 8.96. The Morgan fingerprint density at radius 2 is 2.07 bits per heavy atom. The van der Waals surface area contributed by atoms with E-state index in [9.17, 15) is 0 Å². The first kappa shape index (κ1) is 10.2. The summed E-state index contributed by atoms with van der Waals surface area (Å²) < 4.78 is 0.